The van der Waals surface area contributed by atoms with Crippen molar-refractivity contribution in [3.8, 4) is 11.5 Å². The average Bonchev–Trinajstić information content (AvgIpc) is 3.22. The van der Waals surface area contributed by atoms with Gasteiger partial charge in [-0.1, -0.05) is 37.0 Å². The maximum absolute atomic E-state index is 12.9. The minimum Gasteiger partial charge on any atom is -0.421 e. The Balaban J connectivity index is 1.47. The van der Waals surface area contributed by atoms with Crippen LogP contribution in [0.2, 0.25) is 0 Å². The summed E-state index contributed by atoms with van der Waals surface area (Å²) in [5.74, 6) is 0.936. The summed E-state index contributed by atoms with van der Waals surface area (Å²) >= 11 is 0. The van der Waals surface area contributed by atoms with E-state index in [4.69, 9.17) is 9.41 Å². The number of nitrogens with zero attached hydrogens (tertiary/aromatic N) is 4. The summed E-state index contributed by atoms with van der Waals surface area (Å²) in [5, 5.41) is 8.23. The van der Waals surface area contributed by atoms with Gasteiger partial charge in [0.15, 0.2) is 0 Å². The monoisotopic (exact) mass is 404 g/mol. The molecule has 6 heteroatoms. The van der Waals surface area contributed by atoms with Crippen LogP contribution in [0.5, 0.6) is 0 Å². The van der Waals surface area contributed by atoms with Gasteiger partial charge in [0.25, 0.3) is 0 Å². The second-order valence-electron chi connectivity index (χ2n) is 8.11. The number of benzene rings is 1. The summed E-state index contributed by atoms with van der Waals surface area (Å²) < 4.78 is 7.43. The normalized spacial score (nSPS) is 15.5. The molecule has 0 N–H and O–H groups in total. The van der Waals surface area contributed by atoms with E-state index >= 15 is 0 Å². The second kappa shape index (κ2) is 9.20. The summed E-state index contributed by atoms with van der Waals surface area (Å²) in [7, 11) is 0. The fraction of sp³-hybridized carbons (Fsp3) is 0.417. The first-order valence-corrected chi connectivity index (χ1v) is 10.7. The molecule has 6 nitrogen and oxygen atoms in total. The van der Waals surface area contributed by atoms with E-state index in [2.05, 4.69) is 10.2 Å². The van der Waals surface area contributed by atoms with Gasteiger partial charge in [0.2, 0.25) is 17.7 Å². The summed E-state index contributed by atoms with van der Waals surface area (Å²) in [5.41, 5.74) is 3.91. The summed E-state index contributed by atoms with van der Waals surface area (Å²) in [4.78, 5) is 17.8. The Labute approximate surface area is 176 Å². The fourth-order valence-electron chi connectivity index (χ4n) is 3.80. The van der Waals surface area contributed by atoms with Crippen LogP contribution in [0.4, 0.5) is 0 Å². The molecule has 1 saturated carbocycles. The van der Waals surface area contributed by atoms with Crippen LogP contribution < -0.4 is 5.49 Å². The molecule has 2 heterocycles. The van der Waals surface area contributed by atoms with Crippen LogP contribution in [0.1, 0.15) is 60.3 Å². The minimum atomic E-state index is -0.0142. The average molecular weight is 405 g/mol. The highest BCUT2D eigenvalue weighted by molar-refractivity contribution is 5.78. The molecule has 0 aliphatic heterocycles. The minimum absolute atomic E-state index is 0.0142. The zero-order valence-corrected chi connectivity index (χ0v) is 17.7. The van der Waals surface area contributed by atoms with E-state index < -0.39 is 0 Å². The van der Waals surface area contributed by atoms with Gasteiger partial charge >= 0.3 is 0 Å². The number of carbonyl (C=O) groups is 1. The highest BCUT2D eigenvalue weighted by atomic mass is 16.4. The SMILES string of the molecule is Cc1ccc(-c2nnc(CCC(=O)n3ccc(C)cc3=NC3CCCCC3)o2)cc1. The Morgan fingerprint density at radius 1 is 1.07 bits per heavy atom. The van der Waals surface area contributed by atoms with Crippen molar-refractivity contribution < 1.29 is 9.21 Å². The lowest BCUT2D eigenvalue weighted by Gasteiger charge is -2.18. The number of rotatable bonds is 5. The molecule has 156 valence electrons. The van der Waals surface area contributed by atoms with Crippen molar-refractivity contribution in [1.82, 2.24) is 14.8 Å². The molecule has 0 amide bonds. The molecule has 0 spiro atoms. The molecule has 0 unspecified atom stereocenters. The van der Waals surface area contributed by atoms with Gasteiger partial charge in [0.05, 0.1) is 6.04 Å². The lowest BCUT2D eigenvalue weighted by Crippen LogP contribution is -2.29. The summed E-state index contributed by atoms with van der Waals surface area (Å²) in [6, 6.07) is 12.2. The summed E-state index contributed by atoms with van der Waals surface area (Å²) in [6.07, 6.45) is 8.44. The topological polar surface area (TPSA) is 73.3 Å². The number of hydrogen-bond donors (Lipinski definition) is 0. The van der Waals surface area contributed by atoms with E-state index in [9.17, 15) is 4.79 Å². The van der Waals surface area contributed by atoms with Crippen molar-refractivity contribution in [1.29, 1.82) is 0 Å². The lowest BCUT2D eigenvalue weighted by atomic mass is 9.96. The zero-order valence-electron chi connectivity index (χ0n) is 17.7. The highest BCUT2D eigenvalue weighted by Crippen LogP contribution is 2.20. The van der Waals surface area contributed by atoms with E-state index in [0.717, 1.165) is 29.5 Å². The van der Waals surface area contributed by atoms with Crippen molar-refractivity contribution in [2.45, 2.75) is 64.8 Å². The van der Waals surface area contributed by atoms with Crippen molar-refractivity contribution in [2.24, 2.45) is 4.99 Å². The van der Waals surface area contributed by atoms with E-state index in [1.807, 2.05) is 56.4 Å². The highest BCUT2D eigenvalue weighted by Gasteiger charge is 2.15. The van der Waals surface area contributed by atoms with Crippen LogP contribution in [0.25, 0.3) is 11.5 Å². The number of pyridine rings is 1. The lowest BCUT2D eigenvalue weighted by molar-refractivity contribution is 0.0894. The molecule has 1 aliphatic carbocycles. The predicted molar refractivity (Wildman–Crippen MR) is 115 cm³/mol. The molecule has 30 heavy (non-hydrogen) atoms. The van der Waals surface area contributed by atoms with Gasteiger partial charge in [-0.3, -0.25) is 14.4 Å². The largest absolute Gasteiger partial charge is 0.421 e. The van der Waals surface area contributed by atoms with Gasteiger partial charge in [-0.2, -0.15) is 0 Å². The van der Waals surface area contributed by atoms with Crippen molar-refractivity contribution in [3.05, 3.63) is 65.1 Å². The van der Waals surface area contributed by atoms with E-state index in [1.165, 1.54) is 24.8 Å². The smallest absolute Gasteiger partial charge is 0.247 e. The van der Waals surface area contributed by atoms with E-state index in [1.54, 1.807) is 4.57 Å². The quantitative estimate of drug-likeness (QED) is 0.620. The maximum Gasteiger partial charge on any atom is 0.247 e. The van der Waals surface area contributed by atoms with Crippen LogP contribution in [0.15, 0.2) is 52.0 Å². The number of aromatic nitrogens is 3. The molecular formula is C24H28N4O2. The predicted octanol–water partition coefficient (Wildman–Crippen LogP) is 4.66. The summed E-state index contributed by atoms with van der Waals surface area (Å²) in [6.45, 7) is 4.06. The van der Waals surface area contributed by atoms with E-state index in [-0.39, 0.29) is 12.3 Å². The Bertz CT molecular complexity index is 1070. The van der Waals surface area contributed by atoms with Gasteiger partial charge in [0, 0.05) is 24.6 Å². The van der Waals surface area contributed by atoms with E-state index in [0.29, 0.717) is 24.2 Å². The van der Waals surface area contributed by atoms with Crippen LogP contribution in [0.3, 0.4) is 0 Å². The second-order valence-corrected chi connectivity index (χ2v) is 8.11. The Morgan fingerprint density at radius 2 is 1.83 bits per heavy atom. The zero-order chi connectivity index (χ0) is 20.9. The number of hydrogen-bond acceptors (Lipinski definition) is 5. The molecule has 2 aromatic heterocycles. The first-order chi connectivity index (χ1) is 14.6. The molecule has 1 aromatic carbocycles. The third-order valence-electron chi connectivity index (χ3n) is 5.57. The van der Waals surface area contributed by atoms with Crippen molar-refractivity contribution >= 4 is 5.91 Å². The third-order valence-corrected chi connectivity index (χ3v) is 5.57. The molecule has 0 saturated heterocycles. The number of aryl methyl sites for hydroxylation is 3. The Hall–Kier alpha value is -3.02. The van der Waals surface area contributed by atoms with Crippen molar-refractivity contribution in [3.63, 3.8) is 0 Å². The molecule has 1 aliphatic rings. The van der Waals surface area contributed by atoms with Gasteiger partial charge in [0.1, 0.15) is 5.49 Å². The van der Waals surface area contributed by atoms with Crippen LogP contribution >= 0.6 is 0 Å². The van der Waals surface area contributed by atoms with Crippen LogP contribution in [-0.2, 0) is 6.42 Å². The molecule has 0 bridgehead atoms. The molecule has 4 rings (SSSR count). The maximum atomic E-state index is 12.9. The van der Waals surface area contributed by atoms with Gasteiger partial charge < -0.3 is 4.42 Å². The molecule has 0 radical (unpaired) electrons. The van der Waals surface area contributed by atoms with Crippen LogP contribution in [-0.4, -0.2) is 26.7 Å². The Morgan fingerprint density at radius 3 is 2.60 bits per heavy atom. The molecule has 1 fully saturated rings. The number of carbonyl (C=O) groups excluding carboxylic acids is 1. The molecule has 3 aromatic rings. The van der Waals surface area contributed by atoms with Gasteiger partial charge in [-0.05, 0) is 56.5 Å². The third kappa shape index (κ3) is 4.93. The first-order valence-electron chi connectivity index (χ1n) is 10.7. The standard InChI is InChI=1S/C24H28N4O2/c1-17-8-10-19(11-9-17)24-27-26-22(30-24)12-13-23(29)28-15-14-18(2)16-21(28)25-20-6-4-3-5-7-20/h8-11,14-16,20H,3-7,12-13H2,1-2H3. The fourth-order valence-corrected chi connectivity index (χ4v) is 3.80. The van der Waals surface area contributed by atoms with Crippen LogP contribution in [0, 0.1) is 13.8 Å². The van der Waals surface area contributed by atoms with Crippen molar-refractivity contribution in [2.75, 3.05) is 0 Å². The molecule has 0 atom stereocenters. The van der Waals surface area contributed by atoms with Gasteiger partial charge in [-0.25, -0.2) is 0 Å². The first kappa shape index (κ1) is 20.3. The molecular weight excluding hydrogens is 376 g/mol. The van der Waals surface area contributed by atoms with Gasteiger partial charge in [-0.15, -0.1) is 10.2 Å². The Kier molecular flexibility index (Phi) is 6.21.